The van der Waals surface area contributed by atoms with Crippen LogP contribution in [0.4, 0.5) is 0 Å². The fourth-order valence-corrected chi connectivity index (χ4v) is 2.35. The Labute approximate surface area is 87.2 Å². The van der Waals surface area contributed by atoms with Crippen molar-refractivity contribution in [1.82, 2.24) is 4.72 Å². The number of sulfonamides is 1. The Hall–Kier alpha value is 0.350. The molecular formula is C7H14BrNO3S. The third-order valence-corrected chi connectivity index (χ3v) is 5.14. The van der Waals surface area contributed by atoms with E-state index in [-0.39, 0.29) is 10.3 Å². The summed E-state index contributed by atoms with van der Waals surface area (Å²) in [6.45, 7) is 0.386. The number of halogens is 1. The Kier molecular flexibility index (Phi) is 3.73. The number of rotatable bonds is 5. The average Bonchev–Trinajstić information content (AvgIpc) is 2.03. The van der Waals surface area contributed by atoms with Crippen LogP contribution < -0.4 is 4.72 Å². The highest BCUT2D eigenvalue weighted by Gasteiger charge is 2.37. The van der Waals surface area contributed by atoms with E-state index in [4.69, 9.17) is 4.74 Å². The maximum atomic E-state index is 11.1. The third-order valence-electron chi connectivity index (χ3n) is 2.46. The first-order valence-electron chi connectivity index (χ1n) is 4.12. The standard InChI is InChI=1S/C7H14BrNO3S/c1-12-7(3-2-4-7)5-9-13(10,11)6-8/h9H,2-6H2,1H3. The van der Waals surface area contributed by atoms with E-state index in [0.29, 0.717) is 6.54 Å². The molecule has 1 rings (SSSR count). The highest BCUT2D eigenvalue weighted by Crippen LogP contribution is 2.34. The molecule has 1 N–H and O–H groups in total. The summed E-state index contributed by atoms with van der Waals surface area (Å²) in [6, 6.07) is 0. The molecule has 1 fully saturated rings. The summed E-state index contributed by atoms with van der Waals surface area (Å²) < 4.78 is 29.9. The van der Waals surface area contributed by atoms with E-state index in [9.17, 15) is 8.42 Å². The van der Waals surface area contributed by atoms with Crippen molar-refractivity contribution in [2.45, 2.75) is 24.9 Å². The zero-order valence-electron chi connectivity index (χ0n) is 7.55. The number of alkyl halides is 1. The fraction of sp³-hybridized carbons (Fsp3) is 1.00. The maximum absolute atomic E-state index is 11.1. The van der Waals surface area contributed by atoms with Crippen LogP contribution in [0.15, 0.2) is 0 Å². The minimum atomic E-state index is -3.15. The van der Waals surface area contributed by atoms with Crippen LogP contribution in [0.5, 0.6) is 0 Å². The first kappa shape index (κ1) is 11.4. The van der Waals surface area contributed by atoms with E-state index < -0.39 is 10.0 Å². The number of hydrogen-bond donors (Lipinski definition) is 1. The maximum Gasteiger partial charge on any atom is 0.221 e. The third kappa shape index (κ3) is 2.90. The van der Waals surface area contributed by atoms with Crippen LogP contribution >= 0.6 is 15.9 Å². The second-order valence-corrected chi connectivity index (χ2v) is 6.40. The van der Waals surface area contributed by atoms with Crippen LogP contribution in [0.3, 0.4) is 0 Å². The van der Waals surface area contributed by atoms with Gasteiger partial charge < -0.3 is 4.74 Å². The fourth-order valence-electron chi connectivity index (χ4n) is 1.30. The van der Waals surface area contributed by atoms with Gasteiger partial charge in [-0.15, -0.1) is 0 Å². The molecule has 0 aromatic heterocycles. The lowest BCUT2D eigenvalue weighted by atomic mass is 9.80. The van der Waals surface area contributed by atoms with Gasteiger partial charge in [0.15, 0.2) is 0 Å². The molecule has 1 saturated carbocycles. The molecule has 0 saturated heterocycles. The van der Waals surface area contributed by atoms with E-state index in [2.05, 4.69) is 20.7 Å². The molecule has 1 aliphatic rings. The van der Waals surface area contributed by atoms with Gasteiger partial charge in [-0.3, -0.25) is 0 Å². The lowest BCUT2D eigenvalue weighted by Gasteiger charge is -2.40. The highest BCUT2D eigenvalue weighted by atomic mass is 79.9. The van der Waals surface area contributed by atoms with Crippen LogP contribution in [0.25, 0.3) is 0 Å². The van der Waals surface area contributed by atoms with Crippen molar-refractivity contribution in [3.05, 3.63) is 0 Å². The highest BCUT2D eigenvalue weighted by molar-refractivity contribution is 9.10. The van der Waals surface area contributed by atoms with E-state index in [1.165, 1.54) is 0 Å². The Morgan fingerprint density at radius 2 is 2.15 bits per heavy atom. The molecule has 0 aromatic carbocycles. The van der Waals surface area contributed by atoms with Gasteiger partial charge in [-0.2, -0.15) is 0 Å². The molecule has 78 valence electrons. The van der Waals surface area contributed by atoms with Crippen molar-refractivity contribution >= 4 is 26.0 Å². The molecule has 0 aliphatic heterocycles. The summed E-state index contributed by atoms with van der Waals surface area (Å²) in [7, 11) is -1.53. The largest absolute Gasteiger partial charge is 0.377 e. The van der Waals surface area contributed by atoms with Crippen molar-refractivity contribution in [1.29, 1.82) is 0 Å². The normalized spacial score (nSPS) is 21.1. The van der Waals surface area contributed by atoms with Gasteiger partial charge in [0.25, 0.3) is 0 Å². The molecule has 0 unspecified atom stereocenters. The molecule has 4 nitrogen and oxygen atoms in total. The lowest BCUT2D eigenvalue weighted by molar-refractivity contribution is -0.0659. The van der Waals surface area contributed by atoms with Gasteiger partial charge >= 0.3 is 0 Å². The summed E-state index contributed by atoms with van der Waals surface area (Å²) in [6.07, 6.45) is 2.99. The molecule has 0 heterocycles. The molecule has 0 atom stereocenters. The molecule has 0 aromatic rings. The second kappa shape index (κ2) is 4.25. The molecule has 0 spiro atoms. The summed E-state index contributed by atoms with van der Waals surface area (Å²) in [5.74, 6) is 0. The SMILES string of the molecule is COC1(CNS(=O)(=O)CBr)CCC1. The Morgan fingerprint density at radius 1 is 1.54 bits per heavy atom. The van der Waals surface area contributed by atoms with Crippen molar-refractivity contribution in [3.8, 4) is 0 Å². The van der Waals surface area contributed by atoms with Gasteiger partial charge in [-0.25, -0.2) is 13.1 Å². The quantitative estimate of drug-likeness (QED) is 0.754. The summed E-state index contributed by atoms with van der Waals surface area (Å²) in [4.78, 5) is 0. The van der Waals surface area contributed by atoms with Gasteiger partial charge in [0.1, 0.15) is 4.66 Å². The monoisotopic (exact) mass is 271 g/mol. The number of ether oxygens (including phenoxy) is 1. The molecule has 13 heavy (non-hydrogen) atoms. The van der Waals surface area contributed by atoms with Crippen LogP contribution in [-0.2, 0) is 14.8 Å². The molecule has 0 radical (unpaired) electrons. The minimum absolute atomic E-state index is 0.0558. The number of nitrogens with one attached hydrogen (secondary N) is 1. The smallest absolute Gasteiger partial charge is 0.221 e. The molecule has 0 bridgehead atoms. The van der Waals surface area contributed by atoms with Crippen molar-refractivity contribution in [2.75, 3.05) is 18.3 Å². The van der Waals surface area contributed by atoms with Crippen molar-refractivity contribution in [3.63, 3.8) is 0 Å². The Morgan fingerprint density at radius 3 is 2.46 bits per heavy atom. The average molecular weight is 272 g/mol. The van der Waals surface area contributed by atoms with Crippen LogP contribution in [-0.4, -0.2) is 32.3 Å². The topological polar surface area (TPSA) is 55.4 Å². The van der Waals surface area contributed by atoms with E-state index >= 15 is 0 Å². The number of methoxy groups -OCH3 is 1. The van der Waals surface area contributed by atoms with Gasteiger partial charge in [0, 0.05) is 13.7 Å². The molecule has 1 aliphatic carbocycles. The first-order chi connectivity index (χ1) is 6.04. The predicted octanol–water partition coefficient (Wildman–Crippen LogP) is 0.827. The van der Waals surface area contributed by atoms with Crippen LogP contribution in [0.1, 0.15) is 19.3 Å². The van der Waals surface area contributed by atoms with E-state index in [1.807, 2.05) is 0 Å². The lowest BCUT2D eigenvalue weighted by Crippen LogP contribution is -2.49. The van der Waals surface area contributed by atoms with Gasteiger partial charge in [-0.05, 0) is 19.3 Å². The van der Waals surface area contributed by atoms with Crippen LogP contribution in [0.2, 0.25) is 0 Å². The van der Waals surface area contributed by atoms with Crippen LogP contribution in [0, 0.1) is 0 Å². The minimum Gasteiger partial charge on any atom is -0.377 e. The van der Waals surface area contributed by atoms with Crippen molar-refractivity contribution < 1.29 is 13.2 Å². The summed E-state index contributed by atoms with van der Waals surface area (Å²) in [5, 5.41) is 0. The first-order valence-corrected chi connectivity index (χ1v) is 6.89. The van der Waals surface area contributed by atoms with Gasteiger partial charge in [0.05, 0.1) is 5.60 Å². The zero-order chi connectivity index (χ0) is 9.95. The van der Waals surface area contributed by atoms with Crippen molar-refractivity contribution in [2.24, 2.45) is 0 Å². The molecular weight excluding hydrogens is 258 g/mol. The second-order valence-electron chi connectivity index (χ2n) is 3.29. The number of hydrogen-bond acceptors (Lipinski definition) is 3. The van der Waals surface area contributed by atoms with Gasteiger partial charge in [0.2, 0.25) is 10.0 Å². The van der Waals surface area contributed by atoms with Gasteiger partial charge in [-0.1, -0.05) is 15.9 Å². The molecule has 6 heteroatoms. The Balaban J connectivity index is 2.41. The van der Waals surface area contributed by atoms with E-state index in [1.54, 1.807) is 7.11 Å². The molecule has 0 amide bonds. The summed E-state index contributed by atoms with van der Waals surface area (Å²) in [5.41, 5.74) is -0.241. The zero-order valence-corrected chi connectivity index (χ0v) is 9.95. The predicted molar refractivity (Wildman–Crippen MR) is 54.3 cm³/mol. The summed E-state index contributed by atoms with van der Waals surface area (Å²) >= 11 is 2.91. The Bertz CT molecular complexity index is 255. The van der Waals surface area contributed by atoms with E-state index in [0.717, 1.165) is 19.3 Å².